The number of benzene rings is 1. The number of aliphatic imine (C=N–C) groups is 1. The minimum absolute atomic E-state index is 0.857. The lowest BCUT2D eigenvalue weighted by molar-refractivity contribution is 0.935. The molecule has 2 aromatic heterocycles. The summed E-state index contributed by atoms with van der Waals surface area (Å²) < 4.78 is 0. The maximum Gasteiger partial charge on any atom is 0.155 e. The fourth-order valence-corrected chi connectivity index (χ4v) is 3.80. The number of aromatic amines is 1. The van der Waals surface area contributed by atoms with E-state index >= 15 is 0 Å². The average molecular weight is 325 g/mol. The summed E-state index contributed by atoms with van der Waals surface area (Å²) in [6.07, 6.45) is 12.8. The predicted molar refractivity (Wildman–Crippen MR) is 103 cm³/mol. The molecule has 1 aliphatic heterocycles. The Labute approximate surface area is 147 Å². The van der Waals surface area contributed by atoms with Crippen LogP contribution < -0.4 is 0 Å². The third-order valence-electron chi connectivity index (χ3n) is 5.09. The van der Waals surface area contributed by atoms with E-state index < -0.39 is 0 Å². The second-order valence-corrected chi connectivity index (χ2v) is 6.69. The first kappa shape index (κ1) is 14.4. The van der Waals surface area contributed by atoms with Crippen LogP contribution in [-0.2, 0) is 6.42 Å². The van der Waals surface area contributed by atoms with Gasteiger partial charge in [-0.1, -0.05) is 24.3 Å². The molecule has 1 N–H and O–H groups in total. The van der Waals surface area contributed by atoms with Crippen molar-refractivity contribution in [3.05, 3.63) is 66.0 Å². The van der Waals surface area contributed by atoms with Gasteiger partial charge in [-0.05, 0) is 54.2 Å². The molecule has 3 heteroatoms. The number of H-pyrrole nitrogens is 1. The van der Waals surface area contributed by atoms with Crippen molar-refractivity contribution in [1.82, 2.24) is 9.97 Å². The Balaban J connectivity index is 1.56. The summed E-state index contributed by atoms with van der Waals surface area (Å²) in [5, 5.41) is 0. The summed E-state index contributed by atoms with van der Waals surface area (Å²) >= 11 is 0. The van der Waals surface area contributed by atoms with E-state index in [1.54, 1.807) is 0 Å². The van der Waals surface area contributed by atoms with E-state index in [0.29, 0.717) is 0 Å². The first-order valence-electron chi connectivity index (χ1n) is 8.87. The lowest BCUT2D eigenvalue weighted by atomic mass is 9.97. The van der Waals surface area contributed by atoms with Crippen molar-refractivity contribution in [2.75, 3.05) is 0 Å². The van der Waals surface area contributed by atoms with Gasteiger partial charge in [-0.3, -0.25) is 0 Å². The molecule has 0 spiro atoms. The second-order valence-electron chi connectivity index (χ2n) is 6.69. The van der Waals surface area contributed by atoms with Crippen LogP contribution in [0.4, 0.5) is 5.82 Å². The first-order valence-corrected chi connectivity index (χ1v) is 8.87. The van der Waals surface area contributed by atoms with Crippen LogP contribution in [0, 0.1) is 0 Å². The van der Waals surface area contributed by atoms with Gasteiger partial charge in [0.2, 0.25) is 0 Å². The Bertz CT molecular complexity index is 1010. The van der Waals surface area contributed by atoms with E-state index in [9.17, 15) is 0 Å². The molecule has 25 heavy (non-hydrogen) atoms. The number of hydrogen-bond acceptors (Lipinski definition) is 2. The van der Waals surface area contributed by atoms with Crippen LogP contribution in [0.3, 0.4) is 0 Å². The van der Waals surface area contributed by atoms with Gasteiger partial charge in [-0.15, -0.1) is 0 Å². The van der Waals surface area contributed by atoms with Crippen molar-refractivity contribution in [2.24, 2.45) is 4.99 Å². The standard InChI is InChI=1S/C22H19N3/c1-2-5-15(4-1)16-6-3-7-17(12-16)21-20(9-11-23-21)19-13-18-8-10-24-22(18)25-14-19/h3-4,6-7,9-14,23H,1-2,5,8H2. The molecule has 0 radical (unpaired) electrons. The molecule has 0 fully saturated rings. The van der Waals surface area contributed by atoms with E-state index in [1.807, 2.05) is 18.6 Å². The van der Waals surface area contributed by atoms with Gasteiger partial charge in [0.25, 0.3) is 0 Å². The topological polar surface area (TPSA) is 41.0 Å². The normalized spacial score (nSPS) is 15.4. The summed E-state index contributed by atoms with van der Waals surface area (Å²) in [5.41, 5.74) is 8.74. The Kier molecular flexibility index (Phi) is 3.37. The lowest BCUT2D eigenvalue weighted by Gasteiger charge is -2.09. The molecule has 0 bridgehead atoms. The smallest absolute Gasteiger partial charge is 0.155 e. The molecule has 0 atom stereocenters. The van der Waals surface area contributed by atoms with E-state index in [1.165, 1.54) is 47.1 Å². The molecule has 3 aromatic rings. The van der Waals surface area contributed by atoms with Crippen LogP contribution in [0.5, 0.6) is 0 Å². The number of nitrogens with one attached hydrogen (secondary N) is 1. The number of pyridine rings is 1. The monoisotopic (exact) mass is 325 g/mol. The predicted octanol–water partition coefficient (Wildman–Crippen LogP) is 5.57. The largest absolute Gasteiger partial charge is 0.361 e. The number of rotatable bonds is 3. The first-order chi connectivity index (χ1) is 12.4. The fourth-order valence-electron chi connectivity index (χ4n) is 3.80. The third kappa shape index (κ3) is 2.52. The van der Waals surface area contributed by atoms with Crippen molar-refractivity contribution < 1.29 is 0 Å². The van der Waals surface area contributed by atoms with Crippen molar-refractivity contribution in [1.29, 1.82) is 0 Å². The van der Waals surface area contributed by atoms with Crippen molar-refractivity contribution in [3.8, 4) is 22.4 Å². The highest BCUT2D eigenvalue weighted by molar-refractivity contribution is 5.84. The molecule has 0 saturated carbocycles. The molecule has 1 aromatic carbocycles. The van der Waals surface area contributed by atoms with E-state index in [-0.39, 0.29) is 0 Å². The van der Waals surface area contributed by atoms with Gasteiger partial charge >= 0.3 is 0 Å². The lowest BCUT2D eigenvalue weighted by Crippen LogP contribution is -1.88. The van der Waals surface area contributed by atoms with Gasteiger partial charge in [-0.2, -0.15) is 0 Å². The third-order valence-corrected chi connectivity index (χ3v) is 5.09. The van der Waals surface area contributed by atoms with Crippen molar-refractivity contribution in [3.63, 3.8) is 0 Å². The summed E-state index contributed by atoms with van der Waals surface area (Å²) in [4.78, 5) is 12.2. The molecule has 0 unspecified atom stereocenters. The number of nitrogens with zero attached hydrogens (tertiary/aromatic N) is 2. The molecule has 2 aliphatic rings. The average Bonchev–Trinajstić information content (AvgIpc) is 3.42. The minimum atomic E-state index is 0.857. The molecule has 5 rings (SSSR count). The Morgan fingerprint density at radius 2 is 1.96 bits per heavy atom. The molecule has 0 amide bonds. The second kappa shape index (κ2) is 5.85. The highest BCUT2D eigenvalue weighted by Gasteiger charge is 2.14. The van der Waals surface area contributed by atoms with Gasteiger partial charge in [-0.25, -0.2) is 9.98 Å². The van der Waals surface area contributed by atoms with Gasteiger partial charge < -0.3 is 4.98 Å². The quantitative estimate of drug-likeness (QED) is 0.672. The number of hydrogen-bond donors (Lipinski definition) is 1. The van der Waals surface area contributed by atoms with Gasteiger partial charge in [0.1, 0.15) is 0 Å². The molecule has 3 heterocycles. The van der Waals surface area contributed by atoms with Crippen LogP contribution in [-0.4, -0.2) is 16.2 Å². The highest BCUT2D eigenvalue weighted by Crippen LogP contribution is 2.35. The highest BCUT2D eigenvalue weighted by atomic mass is 14.9. The van der Waals surface area contributed by atoms with Crippen molar-refractivity contribution in [2.45, 2.75) is 25.7 Å². The van der Waals surface area contributed by atoms with Gasteiger partial charge in [0.15, 0.2) is 5.82 Å². The SMILES string of the molecule is C1=Nc2ncc(-c3cc[nH]c3-c3cccc(C4=CCCC4)c3)cc2C1. The Hall–Kier alpha value is -2.94. The molecule has 0 saturated heterocycles. The number of aromatic nitrogens is 2. The van der Waals surface area contributed by atoms with Crippen LogP contribution in [0.1, 0.15) is 30.4 Å². The van der Waals surface area contributed by atoms with Crippen LogP contribution in [0.2, 0.25) is 0 Å². The molecule has 3 nitrogen and oxygen atoms in total. The molecular weight excluding hydrogens is 306 g/mol. The minimum Gasteiger partial charge on any atom is -0.361 e. The van der Waals surface area contributed by atoms with Crippen LogP contribution >= 0.6 is 0 Å². The fraction of sp³-hybridized carbons (Fsp3) is 0.182. The maximum atomic E-state index is 4.51. The Morgan fingerprint density at radius 3 is 2.88 bits per heavy atom. The maximum absolute atomic E-state index is 4.51. The number of allylic oxidation sites excluding steroid dienone is 2. The molecule has 1 aliphatic carbocycles. The van der Waals surface area contributed by atoms with Crippen LogP contribution in [0.15, 0.2) is 59.9 Å². The van der Waals surface area contributed by atoms with E-state index in [2.05, 4.69) is 57.4 Å². The van der Waals surface area contributed by atoms with E-state index in [0.717, 1.165) is 23.5 Å². The Morgan fingerprint density at radius 1 is 1.00 bits per heavy atom. The van der Waals surface area contributed by atoms with Crippen molar-refractivity contribution >= 4 is 17.6 Å². The molecular formula is C22H19N3. The zero-order chi connectivity index (χ0) is 16.6. The summed E-state index contributed by atoms with van der Waals surface area (Å²) in [7, 11) is 0. The van der Waals surface area contributed by atoms with Gasteiger partial charge in [0.05, 0.1) is 5.69 Å². The zero-order valence-electron chi connectivity index (χ0n) is 14.0. The summed E-state index contributed by atoms with van der Waals surface area (Å²) in [5.74, 6) is 0.857. The van der Waals surface area contributed by atoms with E-state index in [4.69, 9.17) is 0 Å². The number of fused-ring (bicyclic) bond motifs is 1. The van der Waals surface area contributed by atoms with Gasteiger partial charge in [0, 0.05) is 41.7 Å². The molecule has 122 valence electrons. The summed E-state index contributed by atoms with van der Waals surface area (Å²) in [6.45, 7) is 0. The summed E-state index contributed by atoms with van der Waals surface area (Å²) in [6, 6.07) is 13.2. The van der Waals surface area contributed by atoms with Crippen LogP contribution in [0.25, 0.3) is 28.0 Å². The zero-order valence-corrected chi connectivity index (χ0v) is 14.0.